The summed E-state index contributed by atoms with van der Waals surface area (Å²) < 4.78 is 2.01. The van der Waals surface area contributed by atoms with Crippen molar-refractivity contribution in [3.05, 3.63) is 54.4 Å². The quantitative estimate of drug-likeness (QED) is 0.564. The number of hydrogen-bond donors (Lipinski definition) is 1. The van der Waals surface area contributed by atoms with E-state index in [4.69, 9.17) is 0 Å². The topological polar surface area (TPSA) is 72.7 Å². The molecule has 2 aromatic heterocycles. The van der Waals surface area contributed by atoms with E-state index in [2.05, 4.69) is 46.5 Å². The van der Waals surface area contributed by atoms with E-state index in [-0.39, 0.29) is 11.7 Å². The lowest BCUT2D eigenvalue weighted by molar-refractivity contribution is -0.113. The summed E-state index contributed by atoms with van der Waals surface area (Å²) in [6.07, 6.45) is 4.57. The average molecular weight is 396 g/mol. The van der Waals surface area contributed by atoms with Crippen LogP contribution in [-0.2, 0) is 11.3 Å². The fourth-order valence-electron chi connectivity index (χ4n) is 2.85. The summed E-state index contributed by atoms with van der Waals surface area (Å²) in [5.74, 6) is 1.53. The Morgan fingerprint density at radius 3 is 2.46 bits per heavy atom. The molecule has 7 heteroatoms. The molecule has 0 spiro atoms. The van der Waals surface area contributed by atoms with Gasteiger partial charge in [0, 0.05) is 30.2 Å². The molecule has 1 aromatic carbocycles. The third-order valence-electron chi connectivity index (χ3n) is 4.68. The molecule has 0 saturated heterocycles. The molecule has 1 N–H and O–H groups in total. The summed E-state index contributed by atoms with van der Waals surface area (Å²) in [7, 11) is 0. The van der Waals surface area contributed by atoms with Crippen LogP contribution >= 0.6 is 11.8 Å². The first-order valence-electron chi connectivity index (χ1n) is 9.48. The van der Waals surface area contributed by atoms with E-state index >= 15 is 0 Å². The van der Waals surface area contributed by atoms with E-state index in [1.54, 1.807) is 12.4 Å². The highest BCUT2D eigenvalue weighted by atomic mass is 32.2. The number of carbonyl (C=O) groups excluding carboxylic acids is 1. The number of aromatic nitrogens is 4. The lowest BCUT2D eigenvalue weighted by Gasteiger charge is -2.10. The summed E-state index contributed by atoms with van der Waals surface area (Å²) in [6.45, 7) is 7.14. The number of nitrogens with zero attached hydrogens (tertiary/aromatic N) is 4. The molecule has 3 aromatic rings. The van der Waals surface area contributed by atoms with Crippen molar-refractivity contribution in [3.8, 4) is 11.4 Å². The molecule has 0 radical (unpaired) electrons. The summed E-state index contributed by atoms with van der Waals surface area (Å²) in [6, 6.07) is 11.9. The van der Waals surface area contributed by atoms with Gasteiger partial charge in [-0.1, -0.05) is 37.7 Å². The van der Waals surface area contributed by atoms with Gasteiger partial charge in [-0.3, -0.25) is 9.78 Å². The van der Waals surface area contributed by atoms with Crippen molar-refractivity contribution in [1.29, 1.82) is 0 Å². The van der Waals surface area contributed by atoms with Crippen LogP contribution in [0.4, 0.5) is 5.69 Å². The standard InChI is InChI=1S/C21H25N5OS/c1-4-15(3)16-6-8-18(9-7-16)23-19(27)14-28-21-25-24-20(26(21)5-2)17-10-12-22-13-11-17/h6-13,15H,4-5,14H2,1-3H3,(H,23,27)/t15-/m1/s1. The minimum atomic E-state index is -0.0580. The van der Waals surface area contributed by atoms with Crippen LogP contribution in [0, 0.1) is 0 Å². The van der Waals surface area contributed by atoms with Crippen molar-refractivity contribution in [2.75, 3.05) is 11.1 Å². The molecule has 3 rings (SSSR count). The SMILES string of the molecule is CC[C@@H](C)c1ccc(NC(=O)CSc2nnc(-c3ccncc3)n2CC)cc1. The molecule has 6 nitrogen and oxygen atoms in total. The maximum atomic E-state index is 12.3. The Morgan fingerprint density at radius 1 is 1.11 bits per heavy atom. The number of thioether (sulfide) groups is 1. The largest absolute Gasteiger partial charge is 0.325 e. The predicted molar refractivity (Wildman–Crippen MR) is 113 cm³/mol. The monoisotopic (exact) mass is 395 g/mol. The van der Waals surface area contributed by atoms with Crippen molar-refractivity contribution < 1.29 is 4.79 Å². The first kappa shape index (κ1) is 20.1. The van der Waals surface area contributed by atoms with Gasteiger partial charge in [-0.05, 0) is 49.1 Å². The van der Waals surface area contributed by atoms with Crippen molar-refractivity contribution in [2.45, 2.75) is 44.8 Å². The molecule has 28 heavy (non-hydrogen) atoms. The van der Waals surface area contributed by atoms with E-state index < -0.39 is 0 Å². The fraction of sp³-hybridized carbons (Fsp3) is 0.333. The first-order chi connectivity index (χ1) is 13.6. The Morgan fingerprint density at radius 2 is 1.82 bits per heavy atom. The van der Waals surface area contributed by atoms with E-state index in [0.717, 1.165) is 35.2 Å². The number of benzene rings is 1. The molecule has 1 atom stereocenters. The molecular formula is C21H25N5OS. The Labute approximate surface area is 169 Å². The van der Waals surface area contributed by atoms with Crippen molar-refractivity contribution >= 4 is 23.4 Å². The van der Waals surface area contributed by atoms with Gasteiger partial charge in [0.15, 0.2) is 11.0 Å². The van der Waals surface area contributed by atoms with Crippen LogP contribution in [0.2, 0.25) is 0 Å². The van der Waals surface area contributed by atoms with Crippen LogP contribution in [-0.4, -0.2) is 31.4 Å². The second kappa shape index (κ2) is 9.50. The number of anilines is 1. The second-order valence-electron chi connectivity index (χ2n) is 6.55. The van der Waals surface area contributed by atoms with Crippen LogP contribution in [0.15, 0.2) is 53.9 Å². The lowest BCUT2D eigenvalue weighted by Crippen LogP contribution is -2.14. The van der Waals surface area contributed by atoms with E-state index in [1.807, 2.05) is 35.8 Å². The number of nitrogens with one attached hydrogen (secondary N) is 1. The molecular weight excluding hydrogens is 370 g/mol. The predicted octanol–water partition coefficient (Wildman–Crippen LogP) is 4.60. The molecule has 1 amide bonds. The zero-order chi connectivity index (χ0) is 19.9. The van der Waals surface area contributed by atoms with Gasteiger partial charge in [-0.2, -0.15) is 0 Å². The molecule has 0 aliphatic rings. The molecule has 0 aliphatic heterocycles. The van der Waals surface area contributed by atoms with Gasteiger partial charge in [0.05, 0.1) is 5.75 Å². The van der Waals surface area contributed by atoms with Gasteiger partial charge in [-0.15, -0.1) is 10.2 Å². The normalized spacial score (nSPS) is 12.0. The van der Waals surface area contributed by atoms with E-state index in [1.165, 1.54) is 17.3 Å². The van der Waals surface area contributed by atoms with Crippen LogP contribution in [0.1, 0.15) is 38.7 Å². The Kier molecular flexibility index (Phi) is 6.81. The number of amides is 1. The van der Waals surface area contributed by atoms with Gasteiger partial charge in [-0.25, -0.2) is 0 Å². The second-order valence-corrected chi connectivity index (χ2v) is 7.50. The van der Waals surface area contributed by atoms with Crippen LogP contribution in [0.5, 0.6) is 0 Å². The summed E-state index contributed by atoms with van der Waals surface area (Å²) in [5.41, 5.74) is 3.06. The van der Waals surface area contributed by atoms with Gasteiger partial charge in [0.1, 0.15) is 0 Å². The zero-order valence-electron chi connectivity index (χ0n) is 16.4. The van der Waals surface area contributed by atoms with Crippen molar-refractivity contribution in [3.63, 3.8) is 0 Å². The fourth-order valence-corrected chi connectivity index (χ4v) is 3.66. The first-order valence-corrected chi connectivity index (χ1v) is 10.5. The molecule has 2 heterocycles. The summed E-state index contributed by atoms with van der Waals surface area (Å²) in [4.78, 5) is 16.4. The summed E-state index contributed by atoms with van der Waals surface area (Å²) in [5, 5.41) is 12.2. The highest BCUT2D eigenvalue weighted by Gasteiger charge is 2.14. The number of carbonyl (C=O) groups is 1. The molecule has 0 saturated carbocycles. The maximum Gasteiger partial charge on any atom is 0.234 e. The average Bonchev–Trinajstić information content (AvgIpc) is 3.16. The highest BCUT2D eigenvalue weighted by Crippen LogP contribution is 2.24. The van der Waals surface area contributed by atoms with Crippen molar-refractivity contribution in [1.82, 2.24) is 19.7 Å². The Hall–Kier alpha value is -2.67. The minimum Gasteiger partial charge on any atom is -0.325 e. The number of rotatable bonds is 8. The molecule has 0 aliphatic carbocycles. The zero-order valence-corrected chi connectivity index (χ0v) is 17.2. The maximum absolute atomic E-state index is 12.3. The van der Waals surface area contributed by atoms with Gasteiger partial charge >= 0.3 is 0 Å². The van der Waals surface area contributed by atoms with Crippen molar-refractivity contribution in [2.24, 2.45) is 0 Å². The van der Waals surface area contributed by atoms with E-state index in [0.29, 0.717) is 5.92 Å². The Bertz CT molecular complexity index is 908. The number of hydrogen-bond acceptors (Lipinski definition) is 5. The lowest BCUT2D eigenvalue weighted by atomic mass is 9.99. The van der Waals surface area contributed by atoms with Crippen LogP contribution in [0.25, 0.3) is 11.4 Å². The molecule has 146 valence electrons. The van der Waals surface area contributed by atoms with Gasteiger partial charge in [0.2, 0.25) is 5.91 Å². The van der Waals surface area contributed by atoms with Crippen LogP contribution < -0.4 is 5.32 Å². The number of pyridine rings is 1. The smallest absolute Gasteiger partial charge is 0.234 e. The third kappa shape index (κ3) is 4.78. The van der Waals surface area contributed by atoms with Gasteiger partial charge < -0.3 is 9.88 Å². The summed E-state index contributed by atoms with van der Waals surface area (Å²) >= 11 is 1.39. The third-order valence-corrected chi connectivity index (χ3v) is 5.65. The van der Waals surface area contributed by atoms with E-state index in [9.17, 15) is 4.79 Å². The van der Waals surface area contributed by atoms with Gasteiger partial charge in [0.25, 0.3) is 0 Å². The minimum absolute atomic E-state index is 0.0580. The van der Waals surface area contributed by atoms with Crippen LogP contribution in [0.3, 0.4) is 0 Å². The molecule has 0 bridgehead atoms. The molecule has 0 unspecified atom stereocenters. The highest BCUT2D eigenvalue weighted by molar-refractivity contribution is 7.99. The molecule has 0 fully saturated rings. The Balaban J connectivity index is 1.61.